The summed E-state index contributed by atoms with van der Waals surface area (Å²) in [5.41, 5.74) is 2.75. The number of nitrogens with one attached hydrogen (secondary N) is 2. The first-order valence-electron chi connectivity index (χ1n) is 11.5. The Labute approximate surface area is 206 Å². The summed E-state index contributed by atoms with van der Waals surface area (Å²) in [6, 6.07) is 22.1. The van der Waals surface area contributed by atoms with Crippen molar-refractivity contribution >= 4 is 34.6 Å². The highest BCUT2D eigenvalue weighted by molar-refractivity contribution is 6.21. The van der Waals surface area contributed by atoms with E-state index in [0.29, 0.717) is 17.0 Å². The number of fused-ring (bicyclic) bond motifs is 1. The SMILES string of the molecule is CCOC(=O)c1c(C2C(=O)NC(=O)NC2=O)c(-c2ccccc2)n(-c2ccc3ccccc3c2)c1C. The molecule has 0 unspecified atom stereocenters. The zero-order valence-corrected chi connectivity index (χ0v) is 19.7. The van der Waals surface area contributed by atoms with Crippen LogP contribution in [0.1, 0.15) is 34.5 Å². The van der Waals surface area contributed by atoms with Crippen LogP contribution in [0.5, 0.6) is 0 Å². The van der Waals surface area contributed by atoms with Gasteiger partial charge < -0.3 is 9.30 Å². The molecule has 1 saturated heterocycles. The van der Waals surface area contributed by atoms with Crippen molar-refractivity contribution in [3.8, 4) is 16.9 Å². The summed E-state index contributed by atoms with van der Waals surface area (Å²) >= 11 is 0. The Bertz CT molecular complexity index is 1520. The van der Waals surface area contributed by atoms with Gasteiger partial charge in [0, 0.05) is 16.9 Å². The molecular weight excluding hydrogens is 458 g/mol. The van der Waals surface area contributed by atoms with Crippen molar-refractivity contribution in [3.63, 3.8) is 0 Å². The number of esters is 1. The number of amides is 4. The predicted molar refractivity (Wildman–Crippen MR) is 134 cm³/mol. The lowest BCUT2D eigenvalue weighted by Gasteiger charge is -2.23. The van der Waals surface area contributed by atoms with E-state index in [1.54, 1.807) is 13.8 Å². The number of urea groups is 1. The Morgan fingerprint density at radius 2 is 1.53 bits per heavy atom. The molecular formula is C28H23N3O5. The maximum atomic E-state index is 13.3. The highest BCUT2D eigenvalue weighted by atomic mass is 16.5. The van der Waals surface area contributed by atoms with Crippen molar-refractivity contribution in [2.75, 3.05) is 6.61 Å². The second-order valence-electron chi connectivity index (χ2n) is 8.42. The zero-order valence-electron chi connectivity index (χ0n) is 19.7. The van der Waals surface area contributed by atoms with Crippen LogP contribution >= 0.6 is 0 Å². The van der Waals surface area contributed by atoms with E-state index in [-0.39, 0.29) is 17.7 Å². The number of carbonyl (C=O) groups is 4. The monoisotopic (exact) mass is 481 g/mol. The molecule has 3 aromatic carbocycles. The maximum absolute atomic E-state index is 13.3. The number of barbiturate groups is 1. The molecule has 5 rings (SSSR count). The molecule has 0 radical (unpaired) electrons. The molecule has 0 bridgehead atoms. The van der Waals surface area contributed by atoms with Crippen LogP contribution in [0.25, 0.3) is 27.7 Å². The third kappa shape index (κ3) is 3.82. The number of ether oxygens (including phenoxy) is 1. The Hall–Kier alpha value is -4.72. The Balaban J connectivity index is 1.88. The second kappa shape index (κ2) is 9.14. The van der Waals surface area contributed by atoms with Crippen molar-refractivity contribution in [2.24, 2.45) is 0 Å². The van der Waals surface area contributed by atoms with E-state index in [1.165, 1.54) is 0 Å². The minimum atomic E-state index is -1.43. The van der Waals surface area contributed by atoms with Crippen LogP contribution in [-0.4, -0.2) is 35.0 Å². The van der Waals surface area contributed by atoms with Crippen molar-refractivity contribution in [1.82, 2.24) is 15.2 Å². The van der Waals surface area contributed by atoms with Crippen molar-refractivity contribution in [2.45, 2.75) is 19.8 Å². The summed E-state index contributed by atoms with van der Waals surface area (Å²) in [5.74, 6) is -3.69. The number of benzene rings is 3. The molecule has 4 aromatic rings. The molecule has 1 aliphatic heterocycles. The summed E-state index contributed by atoms with van der Waals surface area (Å²) in [6.45, 7) is 3.55. The number of hydrogen-bond acceptors (Lipinski definition) is 5. The first-order chi connectivity index (χ1) is 17.4. The average Bonchev–Trinajstić information content (AvgIpc) is 3.16. The van der Waals surface area contributed by atoms with E-state index in [9.17, 15) is 19.2 Å². The van der Waals surface area contributed by atoms with Gasteiger partial charge >= 0.3 is 12.0 Å². The van der Waals surface area contributed by atoms with Gasteiger partial charge in [-0.1, -0.05) is 60.7 Å². The van der Waals surface area contributed by atoms with E-state index in [1.807, 2.05) is 77.4 Å². The molecule has 0 spiro atoms. The molecule has 0 saturated carbocycles. The number of nitrogens with zero attached hydrogens (tertiary/aromatic N) is 1. The highest BCUT2D eigenvalue weighted by Gasteiger charge is 2.42. The third-order valence-corrected chi connectivity index (χ3v) is 6.25. The minimum Gasteiger partial charge on any atom is -0.462 e. The van der Waals surface area contributed by atoms with Gasteiger partial charge in [-0.15, -0.1) is 0 Å². The highest BCUT2D eigenvalue weighted by Crippen LogP contribution is 2.40. The molecule has 8 nitrogen and oxygen atoms in total. The Morgan fingerprint density at radius 3 is 2.19 bits per heavy atom. The lowest BCUT2D eigenvalue weighted by Crippen LogP contribution is -2.54. The minimum absolute atomic E-state index is 0.112. The van der Waals surface area contributed by atoms with Crippen molar-refractivity contribution < 1.29 is 23.9 Å². The van der Waals surface area contributed by atoms with Crippen LogP contribution in [0.3, 0.4) is 0 Å². The van der Waals surface area contributed by atoms with E-state index in [2.05, 4.69) is 10.6 Å². The van der Waals surface area contributed by atoms with Gasteiger partial charge in [-0.3, -0.25) is 20.2 Å². The second-order valence-corrected chi connectivity index (χ2v) is 8.42. The number of rotatable bonds is 5. The average molecular weight is 482 g/mol. The number of aromatic nitrogens is 1. The van der Waals surface area contributed by atoms with Crippen LogP contribution in [0, 0.1) is 6.92 Å². The van der Waals surface area contributed by atoms with E-state index in [0.717, 1.165) is 16.5 Å². The fourth-order valence-electron chi connectivity index (χ4n) is 4.76. The smallest absolute Gasteiger partial charge is 0.340 e. The standard InChI is InChI=1S/C28H23N3O5/c1-3-36-27(34)21-16(2)31(20-14-13-17-9-7-8-12-19(17)15-20)24(18-10-5-4-6-11-18)22(21)23-25(32)29-28(35)30-26(23)33/h4-15,23H,3H2,1-2H3,(H2,29,30,32,33,35). The van der Waals surface area contributed by atoms with Crippen LogP contribution in [0.4, 0.5) is 4.79 Å². The zero-order chi connectivity index (χ0) is 25.4. The summed E-state index contributed by atoms with van der Waals surface area (Å²) in [5, 5.41) is 6.34. The quantitative estimate of drug-likeness (QED) is 0.328. The van der Waals surface area contributed by atoms with Crippen LogP contribution in [-0.2, 0) is 14.3 Å². The summed E-state index contributed by atoms with van der Waals surface area (Å²) in [7, 11) is 0. The van der Waals surface area contributed by atoms with Gasteiger partial charge in [-0.05, 0) is 42.3 Å². The van der Waals surface area contributed by atoms with Gasteiger partial charge in [0.05, 0.1) is 17.9 Å². The van der Waals surface area contributed by atoms with Crippen molar-refractivity contribution in [1.29, 1.82) is 0 Å². The molecule has 8 heteroatoms. The molecule has 1 aliphatic rings. The van der Waals surface area contributed by atoms with Crippen LogP contribution in [0.15, 0.2) is 72.8 Å². The molecule has 180 valence electrons. The van der Waals surface area contributed by atoms with Crippen molar-refractivity contribution in [3.05, 3.63) is 89.6 Å². The number of imide groups is 2. The third-order valence-electron chi connectivity index (χ3n) is 6.25. The molecule has 2 heterocycles. The van der Waals surface area contributed by atoms with Gasteiger partial charge in [0.2, 0.25) is 11.8 Å². The molecule has 36 heavy (non-hydrogen) atoms. The topological polar surface area (TPSA) is 106 Å². The van der Waals surface area contributed by atoms with Crippen LogP contribution < -0.4 is 10.6 Å². The molecule has 2 N–H and O–H groups in total. The van der Waals surface area contributed by atoms with Gasteiger partial charge in [0.1, 0.15) is 5.92 Å². The first kappa shape index (κ1) is 23.0. The van der Waals surface area contributed by atoms with E-state index >= 15 is 0 Å². The molecule has 0 atom stereocenters. The first-order valence-corrected chi connectivity index (χ1v) is 11.5. The molecule has 0 aliphatic carbocycles. The van der Waals surface area contributed by atoms with Gasteiger partial charge in [0.15, 0.2) is 0 Å². The lowest BCUT2D eigenvalue weighted by atomic mass is 9.89. The maximum Gasteiger partial charge on any atom is 0.340 e. The van der Waals surface area contributed by atoms with Gasteiger partial charge in [-0.2, -0.15) is 0 Å². The lowest BCUT2D eigenvalue weighted by molar-refractivity contribution is -0.132. The number of carbonyl (C=O) groups excluding carboxylic acids is 4. The Kier molecular flexibility index (Phi) is 5.85. The fourth-order valence-corrected chi connectivity index (χ4v) is 4.76. The fraction of sp³-hybridized carbons (Fsp3) is 0.143. The largest absolute Gasteiger partial charge is 0.462 e. The predicted octanol–water partition coefficient (Wildman–Crippen LogP) is 4.23. The van der Waals surface area contributed by atoms with Crippen LogP contribution in [0.2, 0.25) is 0 Å². The molecule has 1 fully saturated rings. The van der Waals surface area contributed by atoms with E-state index in [4.69, 9.17) is 4.74 Å². The summed E-state index contributed by atoms with van der Waals surface area (Å²) in [4.78, 5) is 51.1. The molecule has 4 amide bonds. The summed E-state index contributed by atoms with van der Waals surface area (Å²) in [6.07, 6.45) is 0. The number of hydrogen-bond donors (Lipinski definition) is 2. The van der Waals surface area contributed by atoms with E-state index < -0.39 is 29.7 Å². The molecule has 1 aromatic heterocycles. The van der Waals surface area contributed by atoms with Gasteiger partial charge in [-0.25, -0.2) is 9.59 Å². The Morgan fingerprint density at radius 1 is 0.889 bits per heavy atom. The normalized spacial score (nSPS) is 14.0. The van der Waals surface area contributed by atoms with Gasteiger partial charge in [0.25, 0.3) is 0 Å². The summed E-state index contributed by atoms with van der Waals surface area (Å²) < 4.78 is 7.22.